The van der Waals surface area contributed by atoms with Gasteiger partial charge in [0.2, 0.25) is 5.89 Å². The van der Waals surface area contributed by atoms with Crippen molar-refractivity contribution in [1.29, 1.82) is 0 Å². The summed E-state index contributed by atoms with van der Waals surface area (Å²) in [5, 5.41) is 12.8. The third-order valence-electron chi connectivity index (χ3n) is 5.11. The number of carboxylic acid groups (broad SMARTS) is 1. The summed E-state index contributed by atoms with van der Waals surface area (Å²) in [4.78, 5) is 16.1. The van der Waals surface area contributed by atoms with Crippen molar-refractivity contribution in [2.24, 2.45) is 0 Å². The van der Waals surface area contributed by atoms with E-state index in [0.717, 1.165) is 11.1 Å². The molecule has 0 aliphatic carbocycles. The fourth-order valence-corrected chi connectivity index (χ4v) is 3.28. The van der Waals surface area contributed by atoms with Crippen LogP contribution >= 0.6 is 0 Å². The zero-order valence-electron chi connectivity index (χ0n) is 18.5. The van der Waals surface area contributed by atoms with Crippen LogP contribution in [0.2, 0.25) is 0 Å². The fourth-order valence-electron chi connectivity index (χ4n) is 3.28. The first-order valence-electron chi connectivity index (χ1n) is 10.7. The number of hydrogen-bond donors (Lipinski definition) is 2. The first-order chi connectivity index (χ1) is 15.9. The van der Waals surface area contributed by atoms with Gasteiger partial charge in [0, 0.05) is 18.7 Å². The highest BCUT2D eigenvalue weighted by Crippen LogP contribution is 2.26. The van der Waals surface area contributed by atoms with Gasteiger partial charge < -0.3 is 24.3 Å². The van der Waals surface area contributed by atoms with Gasteiger partial charge in [0.1, 0.15) is 17.0 Å². The molecule has 7 heteroatoms. The van der Waals surface area contributed by atoms with E-state index in [1.54, 1.807) is 6.07 Å². The Hall–Kier alpha value is -3.84. The fraction of sp³-hybridized carbons (Fsp3) is 0.231. The van der Waals surface area contributed by atoms with Crippen molar-refractivity contribution in [3.05, 3.63) is 90.3 Å². The summed E-state index contributed by atoms with van der Waals surface area (Å²) < 4.78 is 17.9. The number of para-hydroxylation sites is 4. The number of carboxylic acids is 1. The predicted molar refractivity (Wildman–Crippen MR) is 124 cm³/mol. The van der Waals surface area contributed by atoms with Crippen LogP contribution in [-0.2, 0) is 11.3 Å². The first kappa shape index (κ1) is 22.4. The maximum atomic E-state index is 11.5. The Morgan fingerprint density at radius 2 is 1.73 bits per heavy atom. The molecule has 0 radical (unpaired) electrons. The zero-order valence-corrected chi connectivity index (χ0v) is 18.5. The number of nitrogens with one attached hydrogen (secondary N) is 1. The molecule has 0 bridgehead atoms. The zero-order chi connectivity index (χ0) is 23.3. The second-order valence-corrected chi connectivity index (χ2v) is 8.10. The molecule has 0 spiro atoms. The minimum absolute atomic E-state index is 0.415. The second kappa shape index (κ2) is 9.75. The number of benzene rings is 3. The molecule has 33 heavy (non-hydrogen) atoms. The highest BCUT2D eigenvalue weighted by atomic mass is 16.5. The van der Waals surface area contributed by atoms with Crippen LogP contribution in [0.15, 0.2) is 83.3 Å². The maximum absolute atomic E-state index is 11.5. The van der Waals surface area contributed by atoms with E-state index in [4.69, 9.17) is 13.9 Å². The number of aliphatic carboxylic acids is 1. The average molecular weight is 447 g/mol. The topological polar surface area (TPSA) is 93.8 Å². The maximum Gasteiger partial charge on any atom is 0.347 e. The number of aromatic nitrogens is 1. The minimum Gasteiger partial charge on any atom is -0.479 e. The van der Waals surface area contributed by atoms with Crippen LogP contribution in [0.4, 0.5) is 0 Å². The summed E-state index contributed by atoms with van der Waals surface area (Å²) in [7, 11) is 0. The smallest absolute Gasteiger partial charge is 0.347 e. The molecule has 0 amide bonds. The normalized spacial score (nSPS) is 12.4. The highest BCUT2D eigenvalue weighted by molar-refractivity contribution is 5.76. The lowest BCUT2D eigenvalue weighted by atomic mass is 10.1. The van der Waals surface area contributed by atoms with Gasteiger partial charge >= 0.3 is 5.97 Å². The summed E-state index contributed by atoms with van der Waals surface area (Å²) >= 11 is 0. The molecule has 1 unspecified atom stereocenters. The molecule has 0 saturated carbocycles. The van der Waals surface area contributed by atoms with Crippen molar-refractivity contribution in [2.45, 2.75) is 32.1 Å². The van der Waals surface area contributed by atoms with Crippen LogP contribution in [0.3, 0.4) is 0 Å². The van der Waals surface area contributed by atoms with E-state index in [-0.39, 0.29) is 0 Å². The molecule has 0 aliphatic heterocycles. The Morgan fingerprint density at radius 3 is 2.48 bits per heavy atom. The van der Waals surface area contributed by atoms with Crippen molar-refractivity contribution in [1.82, 2.24) is 10.3 Å². The largest absolute Gasteiger partial charge is 0.479 e. The van der Waals surface area contributed by atoms with Gasteiger partial charge in [-0.2, -0.15) is 0 Å². The van der Waals surface area contributed by atoms with Crippen molar-refractivity contribution in [3.63, 3.8) is 0 Å². The molecule has 0 saturated heterocycles. The first-order valence-corrected chi connectivity index (χ1v) is 10.7. The van der Waals surface area contributed by atoms with Gasteiger partial charge in [0.05, 0.1) is 0 Å². The molecule has 3 aromatic carbocycles. The van der Waals surface area contributed by atoms with Gasteiger partial charge in [-0.3, -0.25) is 0 Å². The Labute approximate surface area is 192 Å². The molecular formula is C26H26N2O5. The molecular weight excluding hydrogens is 420 g/mol. The Balaban J connectivity index is 1.50. The monoisotopic (exact) mass is 446 g/mol. The van der Waals surface area contributed by atoms with E-state index < -0.39 is 17.7 Å². The van der Waals surface area contributed by atoms with Crippen molar-refractivity contribution >= 4 is 17.1 Å². The van der Waals surface area contributed by atoms with Gasteiger partial charge in [-0.05, 0) is 44.2 Å². The molecule has 4 aromatic rings. The summed E-state index contributed by atoms with van der Waals surface area (Å²) in [6.07, 6.45) is -0.469. The lowest BCUT2D eigenvalue weighted by molar-refractivity contribution is -0.152. The number of fused-ring (bicyclic) bond motifs is 1. The summed E-state index contributed by atoms with van der Waals surface area (Å²) in [6, 6.07) is 24.4. The molecule has 7 nitrogen and oxygen atoms in total. The molecule has 1 heterocycles. The molecule has 0 fully saturated rings. The average Bonchev–Trinajstić information content (AvgIpc) is 3.24. The van der Waals surface area contributed by atoms with E-state index in [2.05, 4.69) is 10.3 Å². The molecule has 1 atom stereocenters. The van der Waals surface area contributed by atoms with Crippen LogP contribution in [0.1, 0.15) is 31.4 Å². The highest BCUT2D eigenvalue weighted by Gasteiger charge is 2.30. The Morgan fingerprint density at radius 1 is 1.03 bits per heavy atom. The van der Waals surface area contributed by atoms with Crippen molar-refractivity contribution < 1.29 is 23.8 Å². The number of carbonyl (C=O) groups is 1. The van der Waals surface area contributed by atoms with E-state index in [9.17, 15) is 9.90 Å². The van der Waals surface area contributed by atoms with Crippen LogP contribution in [0, 0.1) is 0 Å². The number of nitrogens with zero attached hydrogens (tertiary/aromatic N) is 1. The van der Waals surface area contributed by atoms with Crippen LogP contribution in [0.25, 0.3) is 11.1 Å². The minimum atomic E-state index is -1.34. The molecule has 170 valence electrons. The summed E-state index contributed by atoms with van der Waals surface area (Å²) in [5.74, 6) is 0.667. The molecule has 2 N–H and O–H groups in total. The van der Waals surface area contributed by atoms with E-state index >= 15 is 0 Å². The lowest BCUT2D eigenvalue weighted by Crippen LogP contribution is -2.38. The summed E-state index contributed by atoms with van der Waals surface area (Å²) in [6.45, 7) is 3.91. The van der Waals surface area contributed by atoms with Gasteiger partial charge in [0.15, 0.2) is 17.3 Å². The third kappa shape index (κ3) is 5.51. The predicted octanol–water partition coefficient (Wildman–Crippen LogP) is 4.98. The van der Waals surface area contributed by atoms with Gasteiger partial charge in [-0.1, -0.05) is 48.5 Å². The van der Waals surface area contributed by atoms with E-state index in [1.807, 2.05) is 72.8 Å². The molecule has 1 aromatic heterocycles. The molecule has 0 aliphatic rings. The Bertz CT molecular complexity index is 1190. The number of oxazole rings is 1. The summed E-state index contributed by atoms with van der Waals surface area (Å²) in [5.41, 5.74) is 0.961. The lowest BCUT2D eigenvalue weighted by Gasteiger charge is -2.23. The van der Waals surface area contributed by atoms with E-state index in [0.29, 0.717) is 36.1 Å². The van der Waals surface area contributed by atoms with Gasteiger partial charge in [-0.25, -0.2) is 9.78 Å². The van der Waals surface area contributed by atoms with Crippen LogP contribution in [0.5, 0.6) is 11.5 Å². The van der Waals surface area contributed by atoms with Crippen LogP contribution < -0.4 is 14.8 Å². The van der Waals surface area contributed by atoms with Gasteiger partial charge in [-0.15, -0.1) is 0 Å². The number of rotatable bonds is 10. The van der Waals surface area contributed by atoms with Crippen LogP contribution in [-0.4, -0.2) is 28.2 Å². The Kier molecular flexibility index (Phi) is 6.60. The quantitative estimate of drug-likeness (QED) is 0.355. The van der Waals surface area contributed by atoms with Crippen molar-refractivity contribution in [3.8, 4) is 11.5 Å². The number of hydrogen-bond acceptors (Lipinski definition) is 6. The van der Waals surface area contributed by atoms with Gasteiger partial charge in [0.25, 0.3) is 0 Å². The standard InChI is InChI=1S/C26H26N2O5/c1-26(2,25(29)30)33-21-14-8-6-10-18(21)16-27-17-23(31-19-11-4-3-5-12-19)24-28-20-13-7-9-15-22(20)32-24/h3-15,23,27H,16-17H2,1-2H3,(H,29,30). The molecule has 4 rings (SSSR count). The second-order valence-electron chi connectivity index (χ2n) is 8.10. The van der Waals surface area contributed by atoms with Crippen molar-refractivity contribution in [2.75, 3.05) is 6.54 Å². The third-order valence-corrected chi connectivity index (χ3v) is 5.11. The van der Waals surface area contributed by atoms with E-state index in [1.165, 1.54) is 13.8 Å². The SMILES string of the molecule is CC(C)(Oc1ccccc1CNCC(Oc1ccccc1)c1nc2ccccc2o1)C(=O)O. The number of ether oxygens (including phenoxy) is 2.